The maximum atomic E-state index is 13.0. The molecule has 6 heteroatoms. The van der Waals surface area contributed by atoms with Crippen LogP contribution in [-0.4, -0.2) is 46.5 Å². The van der Waals surface area contributed by atoms with E-state index in [0.717, 1.165) is 23.4 Å². The van der Waals surface area contributed by atoms with Crippen LogP contribution in [0.2, 0.25) is 0 Å². The van der Waals surface area contributed by atoms with Crippen LogP contribution in [-0.2, 0) is 17.8 Å². The number of benzene rings is 1. The number of hydrogen-bond donors (Lipinski definition) is 1. The SMILES string of the molecule is Cc1cc(C(=O)CN(C)CCC(=O)O)c(C)n1CCc1ccc(F)cc1. The van der Waals surface area contributed by atoms with Gasteiger partial charge in [0, 0.05) is 30.0 Å². The van der Waals surface area contributed by atoms with Crippen molar-refractivity contribution in [2.75, 3.05) is 20.1 Å². The minimum absolute atomic E-state index is 0.0144. The molecule has 1 heterocycles. The molecule has 0 amide bonds. The predicted octanol–water partition coefficient (Wildman–Crippen LogP) is 3.08. The molecule has 1 aromatic heterocycles. The van der Waals surface area contributed by atoms with E-state index in [1.54, 1.807) is 24.1 Å². The fourth-order valence-corrected chi connectivity index (χ4v) is 3.02. The molecule has 2 aromatic rings. The van der Waals surface area contributed by atoms with Gasteiger partial charge in [-0.3, -0.25) is 14.5 Å². The molecule has 0 aliphatic rings. The summed E-state index contributed by atoms with van der Waals surface area (Å²) in [7, 11) is 1.74. The van der Waals surface area contributed by atoms with Gasteiger partial charge < -0.3 is 9.67 Å². The summed E-state index contributed by atoms with van der Waals surface area (Å²) in [5, 5.41) is 8.73. The maximum Gasteiger partial charge on any atom is 0.304 e. The van der Waals surface area contributed by atoms with E-state index in [-0.39, 0.29) is 24.6 Å². The molecule has 0 atom stereocenters. The van der Waals surface area contributed by atoms with Gasteiger partial charge in [0.25, 0.3) is 0 Å². The molecular weight excluding hydrogens is 335 g/mol. The second-order valence-electron chi connectivity index (χ2n) is 6.62. The summed E-state index contributed by atoms with van der Waals surface area (Å²) in [6.07, 6.45) is 0.767. The Bertz CT molecular complexity index is 781. The number of nitrogens with zero attached hydrogens (tertiary/aromatic N) is 2. The van der Waals surface area contributed by atoms with Gasteiger partial charge in [-0.2, -0.15) is 0 Å². The fraction of sp³-hybridized carbons (Fsp3) is 0.400. The molecule has 1 N–H and O–H groups in total. The van der Waals surface area contributed by atoms with E-state index in [1.165, 1.54) is 12.1 Å². The molecule has 0 bridgehead atoms. The zero-order valence-electron chi connectivity index (χ0n) is 15.5. The van der Waals surface area contributed by atoms with Crippen LogP contribution in [0, 0.1) is 19.7 Å². The Balaban J connectivity index is 2.02. The molecule has 0 aliphatic carbocycles. The molecule has 140 valence electrons. The van der Waals surface area contributed by atoms with Crippen molar-refractivity contribution in [1.82, 2.24) is 9.47 Å². The number of likely N-dealkylation sites (N-methyl/N-ethyl adjacent to an activating group) is 1. The molecule has 0 spiro atoms. The van der Waals surface area contributed by atoms with Crippen LogP contribution < -0.4 is 0 Å². The zero-order valence-corrected chi connectivity index (χ0v) is 15.5. The van der Waals surface area contributed by atoms with Crippen LogP contribution in [0.15, 0.2) is 30.3 Å². The lowest BCUT2D eigenvalue weighted by molar-refractivity contribution is -0.137. The minimum Gasteiger partial charge on any atom is -0.481 e. The highest BCUT2D eigenvalue weighted by molar-refractivity contribution is 5.99. The van der Waals surface area contributed by atoms with Crippen molar-refractivity contribution >= 4 is 11.8 Å². The van der Waals surface area contributed by atoms with Gasteiger partial charge in [0.15, 0.2) is 5.78 Å². The van der Waals surface area contributed by atoms with Gasteiger partial charge in [-0.15, -0.1) is 0 Å². The normalized spacial score (nSPS) is 11.1. The highest BCUT2D eigenvalue weighted by atomic mass is 19.1. The molecule has 1 aromatic carbocycles. The molecule has 2 rings (SSSR count). The second-order valence-corrected chi connectivity index (χ2v) is 6.62. The molecule has 5 nitrogen and oxygen atoms in total. The zero-order chi connectivity index (χ0) is 19.3. The third-order valence-electron chi connectivity index (χ3n) is 4.53. The first-order valence-corrected chi connectivity index (χ1v) is 8.62. The van der Waals surface area contributed by atoms with E-state index < -0.39 is 5.97 Å². The van der Waals surface area contributed by atoms with Gasteiger partial charge in [0.1, 0.15) is 5.82 Å². The molecule has 0 fully saturated rings. The average Bonchev–Trinajstić information content (AvgIpc) is 2.87. The lowest BCUT2D eigenvalue weighted by atomic mass is 10.1. The first-order valence-electron chi connectivity index (χ1n) is 8.62. The van der Waals surface area contributed by atoms with Crippen LogP contribution in [0.3, 0.4) is 0 Å². The summed E-state index contributed by atoms with van der Waals surface area (Å²) in [5.41, 5.74) is 3.62. The van der Waals surface area contributed by atoms with Crippen molar-refractivity contribution in [2.45, 2.75) is 33.2 Å². The summed E-state index contributed by atoms with van der Waals surface area (Å²) in [6, 6.07) is 8.33. The predicted molar refractivity (Wildman–Crippen MR) is 98.1 cm³/mol. The first kappa shape index (κ1) is 19.8. The van der Waals surface area contributed by atoms with Gasteiger partial charge in [-0.1, -0.05) is 12.1 Å². The number of carboxylic acid groups (broad SMARTS) is 1. The van der Waals surface area contributed by atoms with Crippen LogP contribution >= 0.6 is 0 Å². The smallest absolute Gasteiger partial charge is 0.304 e. The number of aliphatic carboxylic acids is 1. The van der Waals surface area contributed by atoms with Crippen LogP contribution in [0.4, 0.5) is 4.39 Å². The summed E-state index contributed by atoms with van der Waals surface area (Å²) >= 11 is 0. The second kappa shape index (κ2) is 8.76. The average molecular weight is 360 g/mol. The molecule has 0 radical (unpaired) electrons. The number of aryl methyl sites for hydroxylation is 2. The topological polar surface area (TPSA) is 62.5 Å². The molecular formula is C20H25FN2O3. The van der Waals surface area contributed by atoms with Crippen molar-refractivity contribution in [3.63, 3.8) is 0 Å². The van der Waals surface area contributed by atoms with E-state index in [1.807, 2.05) is 19.9 Å². The Morgan fingerprint density at radius 1 is 1.19 bits per heavy atom. The van der Waals surface area contributed by atoms with E-state index in [2.05, 4.69) is 4.57 Å². The standard InChI is InChI=1S/C20H25FN2O3/c1-14-12-18(19(24)13-22(3)10-9-20(25)26)15(2)23(14)11-8-16-4-6-17(21)7-5-16/h4-7,12H,8-11,13H2,1-3H3,(H,25,26). The van der Waals surface area contributed by atoms with E-state index in [4.69, 9.17) is 5.11 Å². The van der Waals surface area contributed by atoms with Crippen LogP contribution in [0.5, 0.6) is 0 Å². The Kier molecular flexibility index (Phi) is 6.69. The third-order valence-corrected chi connectivity index (χ3v) is 4.53. The summed E-state index contributed by atoms with van der Waals surface area (Å²) in [5.74, 6) is -1.13. The Hall–Kier alpha value is -2.47. The number of hydrogen-bond acceptors (Lipinski definition) is 3. The number of carbonyl (C=O) groups is 2. The Morgan fingerprint density at radius 3 is 2.46 bits per heavy atom. The Labute approximate surface area is 153 Å². The summed E-state index contributed by atoms with van der Waals surface area (Å²) in [6.45, 7) is 5.12. The van der Waals surface area contributed by atoms with Gasteiger partial charge in [0.2, 0.25) is 0 Å². The van der Waals surface area contributed by atoms with Crippen LogP contribution in [0.1, 0.15) is 33.7 Å². The monoisotopic (exact) mass is 360 g/mol. The number of aromatic nitrogens is 1. The highest BCUT2D eigenvalue weighted by Gasteiger charge is 2.17. The van der Waals surface area contributed by atoms with Crippen molar-refractivity contribution in [1.29, 1.82) is 0 Å². The molecule has 0 unspecified atom stereocenters. The summed E-state index contributed by atoms with van der Waals surface area (Å²) in [4.78, 5) is 24.9. The molecule has 26 heavy (non-hydrogen) atoms. The number of halogens is 1. The number of rotatable bonds is 9. The van der Waals surface area contributed by atoms with Gasteiger partial charge >= 0.3 is 5.97 Å². The summed E-state index contributed by atoms with van der Waals surface area (Å²) < 4.78 is 15.1. The number of carboxylic acids is 1. The fourth-order valence-electron chi connectivity index (χ4n) is 3.02. The highest BCUT2D eigenvalue weighted by Crippen LogP contribution is 2.17. The lowest BCUT2D eigenvalue weighted by Gasteiger charge is -2.14. The quantitative estimate of drug-likeness (QED) is 0.698. The van der Waals surface area contributed by atoms with Crippen molar-refractivity contribution in [3.8, 4) is 0 Å². The first-order chi connectivity index (χ1) is 12.3. The molecule has 0 saturated heterocycles. The largest absolute Gasteiger partial charge is 0.481 e. The number of carbonyl (C=O) groups excluding carboxylic acids is 1. The maximum absolute atomic E-state index is 13.0. The minimum atomic E-state index is -0.872. The van der Waals surface area contributed by atoms with Gasteiger partial charge in [-0.05, 0) is 51.1 Å². The van der Waals surface area contributed by atoms with Crippen LogP contribution in [0.25, 0.3) is 0 Å². The van der Waals surface area contributed by atoms with Crippen molar-refractivity contribution in [3.05, 3.63) is 58.7 Å². The van der Waals surface area contributed by atoms with Gasteiger partial charge in [-0.25, -0.2) is 4.39 Å². The lowest BCUT2D eigenvalue weighted by Crippen LogP contribution is -2.28. The van der Waals surface area contributed by atoms with E-state index in [9.17, 15) is 14.0 Å². The molecule has 0 saturated carbocycles. The van der Waals surface area contributed by atoms with Gasteiger partial charge in [0.05, 0.1) is 13.0 Å². The number of ketones is 1. The van der Waals surface area contributed by atoms with E-state index >= 15 is 0 Å². The Morgan fingerprint density at radius 2 is 1.85 bits per heavy atom. The molecule has 0 aliphatic heterocycles. The van der Waals surface area contributed by atoms with Crippen molar-refractivity contribution < 1.29 is 19.1 Å². The van der Waals surface area contributed by atoms with Crippen molar-refractivity contribution in [2.24, 2.45) is 0 Å². The third kappa shape index (κ3) is 5.26. The van der Waals surface area contributed by atoms with E-state index in [0.29, 0.717) is 18.7 Å². The number of Topliss-reactive ketones (excluding diaryl/α,β-unsaturated/α-hetero) is 1.